The third-order valence-electron chi connectivity index (χ3n) is 2.21. The van der Waals surface area contributed by atoms with Crippen molar-refractivity contribution in [1.82, 2.24) is 4.98 Å². The lowest BCUT2D eigenvalue weighted by molar-refractivity contribution is 0.288. The van der Waals surface area contributed by atoms with Gasteiger partial charge in [-0.25, -0.2) is 4.98 Å². The van der Waals surface area contributed by atoms with Crippen LogP contribution in [0.1, 0.15) is 18.4 Å². The zero-order valence-electron chi connectivity index (χ0n) is 7.86. The van der Waals surface area contributed by atoms with Gasteiger partial charge in [-0.3, -0.25) is 5.41 Å². The Labute approximate surface area is 82.6 Å². The fourth-order valence-electron chi connectivity index (χ4n) is 1.11. The fraction of sp³-hybridized carbons (Fsp3) is 0.400. The molecule has 2 rings (SSSR count). The first-order chi connectivity index (χ1) is 6.75. The lowest BCUT2D eigenvalue weighted by atomic mass is 10.3. The highest BCUT2D eigenvalue weighted by Gasteiger charge is 2.21. The average molecular weight is 191 g/mol. The van der Waals surface area contributed by atoms with Crippen LogP contribution in [-0.4, -0.2) is 17.4 Å². The van der Waals surface area contributed by atoms with Gasteiger partial charge in [-0.15, -0.1) is 0 Å². The Kier molecular flexibility index (Phi) is 2.35. The number of amidine groups is 1. The number of nitrogens with one attached hydrogen (secondary N) is 1. The van der Waals surface area contributed by atoms with Crippen LogP contribution in [0.4, 0.5) is 0 Å². The van der Waals surface area contributed by atoms with E-state index < -0.39 is 0 Å². The second-order valence-electron chi connectivity index (χ2n) is 3.55. The lowest BCUT2D eigenvalue weighted by Gasteiger charge is -2.04. The standard InChI is InChI=1S/C10H13N3O/c11-10(12)8-3-4-9(13-5-8)14-6-7-1-2-7/h3-5,7H,1-2,6H2,(H3,11,12). The first-order valence-electron chi connectivity index (χ1n) is 4.69. The van der Waals surface area contributed by atoms with Crippen molar-refractivity contribution >= 4 is 5.84 Å². The molecular weight excluding hydrogens is 178 g/mol. The fourth-order valence-corrected chi connectivity index (χ4v) is 1.11. The molecule has 0 amide bonds. The molecule has 74 valence electrons. The maximum Gasteiger partial charge on any atom is 0.213 e. The average Bonchev–Trinajstić information content (AvgIpc) is 2.99. The second kappa shape index (κ2) is 3.65. The van der Waals surface area contributed by atoms with Crippen LogP contribution in [0.25, 0.3) is 0 Å². The van der Waals surface area contributed by atoms with E-state index >= 15 is 0 Å². The number of ether oxygens (including phenoxy) is 1. The van der Waals surface area contributed by atoms with Crippen molar-refractivity contribution in [3.8, 4) is 5.88 Å². The Balaban J connectivity index is 1.94. The summed E-state index contributed by atoms with van der Waals surface area (Å²) in [5, 5.41) is 7.18. The quantitative estimate of drug-likeness (QED) is 0.554. The zero-order valence-corrected chi connectivity index (χ0v) is 7.86. The Morgan fingerprint density at radius 3 is 2.86 bits per heavy atom. The van der Waals surface area contributed by atoms with E-state index in [0.29, 0.717) is 11.4 Å². The predicted octanol–water partition coefficient (Wildman–Crippen LogP) is 1.15. The number of pyridine rings is 1. The highest BCUT2D eigenvalue weighted by Crippen LogP contribution is 2.29. The van der Waals surface area contributed by atoms with Gasteiger partial charge in [0.25, 0.3) is 0 Å². The maximum absolute atomic E-state index is 7.18. The lowest BCUT2D eigenvalue weighted by Crippen LogP contribution is -2.11. The predicted molar refractivity (Wildman–Crippen MR) is 53.5 cm³/mol. The molecule has 1 aliphatic rings. The summed E-state index contributed by atoms with van der Waals surface area (Å²) in [6.45, 7) is 0.756. The highest BCUT2D eigenvalue weighted by atomic mass is 16.5. The Morgan fingerprint density at radius 1 is 1.57 bits per heavy atom. The first kappa shape index (κ1) is 8.99. The normalized spacial score (nSPS) is 15.1. The van der Waals surface area contributed by atoms with E-state index in [1.54, 1.807) is 18.3 Å². The molecule has 1 saturated carbocycles. The summed E-state index contributed by atoms with van der Waals surface area (Å²) >= 11 is 0. The Bertz CT molecular complexity index is 330. The molecule has 1 aromatic rings. The van der Waals surface area contributed by atoms with Crippen LogP contribution in [0.2, 0.25) is 0 Å². The molecule has 0 radical (unpaired) electrons. The van der Waals surface area contributed by atoms with E-state index in [1.165, 1.54) is 12.8 Å². The van der Waals surface area contributed by atoms with Crippen molar-refractivity contribution in [1.29, 1.82) is 5.41 Å². The van der Waals surface area contributed by atoms with Crippen molar-refractivity contribution in [2.24, 2.45) is 11.7 Å². The maximum atomic E-state index is 7.18. The van der Waals surface area contributed by atoms with Gasteiger partial charge in [0, 0.05) is 17.8 Å². The molecule has 0 bridgehead atoms. The Hall–Kier alpha value is -1.58. The van der Waals surface area contributed by atoms with Crippen LogP contribution < -0.4 is 10.5 Å². The van der Waals surface area contributed by atoms with Crippen molar-refractivity contribution in [2.45, 2.75) is 12.8 Å². The van der Waals surface area contributed by atoms with Crippen molar-refractivity contribution in [3.63, 3.8) is 0 Å². The smallest absolute Gasteiger partial charge is 0.213 e. The van der Waals surface area contributed by atoms with Crippen LogP contribution >= 0.6 is 0 Å². The molecule has 0 aliphatic heterocycles. The number of nitrogen functional groups attached to an aromatic ring is 1. The second-order valence-corrected chi connectivity index (χ2v) is 3.55. The van der Waals surface area contributed by atoms with Gasteiger partial charge in [-0.2, -0.15) is 0 Å². The molecule has 14 heavy (non-hydrogen) atoms. The first-order valence-corrected chi connectivity index (χ1v) is 4.69. The molecule has 4 heteroatoms. The van der Waals surface area contributed by atoms with Gasteiger partial charge in [0.15, 0.2) is 0 Å². The zero-order chi connectivity index (χ0) is 9.97. The van der Waals surface area contributed by atoms with Gasteiger partial charge in [-0.1, -0.05) is 0 Å². The van der Waals surface area contributed by atoms with Crippen LogP contribution in [0, 0.1) is 11.3 Å². The minimum absolute atomic E-state index is 0.0336. The topological polar surface area (TPSA) is 72.0 Å². The van der Waals surface area contributed by atoms with E-state index in [0.717, 1.165) is 12.5 Å². The van der Waals surface area contributed by atoms with Gasteiger partial charge in [0.1, 0.15) is 5.84 Å². The number of nitrogens with zero attached hydrogens (tertiary/aromatic N) is 1. The molecule has 1 aromatic heterocycles. The molecule has 0 saturated heterocycles. The summed E-state index contributed by atoms with van der Waals surface area (Å²) in [5.74, 6) is 1.37. The summed E-state index contributed by atoms with van der Waals surface area (Å²) in [7, 11) is 0. The van der Waals surface area contributed by atoms with E-state index in [2.05, 4.69) is 4.98 Å². The summed E-state index contributed by atoms with van der Waals surface area (Å²) in [6.07, 6.45) is 4.10. The molecule has 0 aromatic carbocycles. The SMILES string of the molecule is N=C(N)c1ccc(OCC2CC2)nc1. The van der Waals surface area contributed by atoms with Gasteiger partial charge in [-0.05, 0) is 24.8 Å². The number of aromatic nitrogens is 1. The molecule has 1 fully saturated rings. The van der Waals surface area contributed by atoms with E-state index in [-0.39, 0.29) is 5.84 Å². The third-order valence-corrected chi connectivity index (χ3v) is 2.21. The summed E-state index contributed by atoms with van der Waals surface area (Å²) in [4.78, 5) is 4.06. The molecule has 1 aliphatic carbocycles. The number of hydrogen-bond donors (Lipinski definition) is 2. The highest BCUT2D eigenvalue weighted by molar-refractivity contribution is 5.94. The third kappa shape index (κ3) is 2.22. The van der Waals surface area contributed by atoms with Crippen LogP contribution in [0.5, 0.6) is 5.88 Å². The van der Waals surface area contributed by atoms with E-state index in [4.69, 9.17) is 15.9 Å². The molecule has 1 heterocycles. The van der Waals surface area contributed by atoms with Gasteiger partial charge < -0.3 is 10.5 Å². The van der Waals surface area contributed by atoms with Crippen LogP contribution in [-0.2, 0) is 0 Å². The molecule has 0 spiro atoms. The summed E-state index contributed by atoms with van der Waals surface area (Å²) in [5.41, 5.74) is 5.93. The molecule has 0 unspecified atom stereocenters. The van der Waals surface area contributed by atoms with Gasteiger partial charge >= 0.3 is 0 Å². The number of hydrogen-bond acceptors (Lipinski definition) is 3. The minimum atomic E-state index is 0.0336. The monoisotopic (exact) mass is 191 g/mol. The number of rotatable bonds is 4. The molecule has 3 N–H and O–H groups in total. The van der Waals surface area contributed by atoms with Crippen molar-refractivity contribution < 1.29 is 4.74 Å². The van der Waals surface area contributed by atoms with Gasteiger partial charge in [0.05, 0.1) is 6.61 Å². The Morgan fingerprint density at radius 2 is 2.36 bits per heavy atom. The van der Waals surface area contributed by atoms with Crippen LogP contribution in [0.15, 0.2) is 18.3 Å². The summed E-state index contributed by atoms with van der Waals surface area (Å²) in [6, 6.07) is 3.50. The molecule has 4 nitrogen and oxygen atoms in total. The minimum Gasteiger partial charge on any atom is -0.477 e. The van der Waals surface area contributed by atoms with Crippen molar-refractivity contribution in [2.75, 3.05) is 6.61 Å². The van der Waals surface area contributed by atoms with E-state index in [1.807, 2.05) is 0 Å². The molecule has 0 atom stereocenters. The largest absolute Gasteiger partial charge is 0.477 e. The van der Waals surface area contributed by atoms with Crippen LogP contribution in [0.3, 0.4) is 0 Å². The molecular formula is C10H13N3O. The van der Waals surface area contributed by atoms with Gasteiger partial charge in [0.2, 0.25) is 5.88 Å². The van der Waals surface area contributed by atoms with Crippen molar-refractivity contribution in [3.05, 3.63) is 23.9 Å². The number of nitrogens with two attached hydrogens (primary N) is 1. The van der Waals surface area contributed by atoms with E-state index in [9.17, 15) is 0 Å². The summed E-state index contributed by atoms with van der Waals surface area (Å²) < 4.78 is 5.44.